The summed E-state index contributed by atoms with van der Waals surface area (Å²) in [4.78, 5) is 131. The second kappa shape index (κ2) is 36.9. The fraction of sp³-hybridized carbons (Fsp3) is 0.625. The van der Waals surface area contributed by atoms with E-state index in [1.807, 2.05) is 132 Å². The van der Waals surface area contributed by atoms with Crippen molar-refractivity contribution in [3.05, 3.63) is 70.8 Å². The van der Waals surface area contributed by atoms with Gasteiger partial charge in [0.05, 0.1) is 17.1 Å². The molecule has 8 heterocycles. The molecule has 6 aliphatic heterocycles. The van der Waals surface area contributed by atoms with Gasteiger partial charge in [-0.25, -0.2) is 14.4 Å². The summed E-state index contributed by atoms with van der Waals surface area (Å²) in [5.41, 5.74) is 5.51. The van der Waals surface area contributed by atoms with Gasteiger partial charge in [-0.3, -0.25) is 52.8 Å². The molecule has 0 N–H and O–H groups in total. The molecule has 0 bridgehead atoms. The first-order valence-corrected chi connectivity index (χ1v) is 28.7. The molecule has 0 unspecified atom stereocenters. The molecule has 1 aromatic carbocycles. The number of carbonyl (C=O) groups excluding carboxylic acids is 9. The molecule has 0 radical (unpaired) electrons. The van der Waals surface area contributed by atoms with Crippen LogP contribution in [0.4, 0.5) is 14.4 Å². The summed E-state index contributed by atoms with van der Waals surface area (Å²) < 4.78 is 3.66. The van der Waals surface area contributed by atoms with Gasteiger partial charge in [0.1, 0.15) is 0 Å². The van der Waals surface area contributed by atoms with Crippen molar-refractivity contribution < 1.29 is 57.7 Å². The Bertz CT molecular complexity index is 2300. The highest BCUT2D eigenvalue weighted by atomic mass is 16.7. The number of hydrogen-bond acceptors (Lipinski definition) is 17. The molecule has 2 aromatic heterocycles. The number of aromatic nitrogens is 4. The van der Waals surface area contributed by atoms with Gasteiger partial charge in [0.2, 0.25) is 0 Å². The lowest BCUT2D eigenvalue weighted by Gasteiger charge is -2.34. The third kappa shape index (κ3) is 21.6. The molecule has 9 rings (SSSR count). The smallest absolute Gasteiger partial charge is 0.311 e. The Morgan fingerprint density at radius 2 is 0.765 bits per heavy atom. The average Bonchev–Trinajstić information content (AvgIpc) is 4.28. The third-order valence-electron chi connectivity index (χ3n) is 12.7. The van der Waals surface area contributed by atoms with Crippen molar-refractivity contribution in [1.82, 2.24) is 64.2 Å². The minimum absolute atomic E-state index is 0.101. The molecule has 25 heteroatoms. The summed E-state index contributed by atoms with van der Waals surface area (Å²) in [7, 11) is 3.81. The number of nitrogens with zero attached hydrogens (tertiary/aromatic N) is 13. The van der Waals surface area contributed by atoms with Crippen molar-refractivity contribution in [3.63, 3.8) is 0 Å². The van der Waals surface area contributed by atoms with Crippen LogP contribution in [-0.2, 0) is 77.0 Å². The molecule has 6 saturated heterocycles. The van der Waals surface area contributed by atoms with Gasteiger partial charge in [-0.05, 0) is 25.5 Å². The minimum atomic E-state index is -0.644. The molecular weight excluding hydrogens is 1050 g/mol. The molecule has 9 amide bonds. The van der Waals surface area contributed by atoms with Crippen LogP contribution in [0, 0.1) is 13.8 Å². The zero-order valence-corrected chi connectivity index (χ0v) is 50.6. The summed E-state index contributed by atoms with van der Waals surface area (Å²) in [6.45, 7) is 33.6. The van der Waals surface area contributed by atoms with Crippen molar-refractivity contribution in [2.24, 2.45) is 14.1 Å². The van der Waals surface area contributed by atoms with Crippen molar-refractivity contribution in [3.8, 4) is 0 Å². The Kier molecular flexibility index (Phi) is 31.8. The zero-order chi connectivity index (χ0) is 60.8. The molecule has 81 heavy (non-hydrogen) atoms. The van der Waals surface area contributed by atoms with Crippen LogP contribution in [0.15, 0.2) is 42.6 Å². The summed E-state index contributed by atoms with van der Waals surface area (Å²) in [6.07, 6.45) is 0.704. The standard InChI is InChI=1S/C16H19N3O4.2C15H21N5O4.5C2H6/c20-14-6-7-15(21)19(14)23-16(22)18-10-8-17(9-11-18)12-13-4-2-1-3-5-13;1-11-12(9-17(2)16-11)10-18-5-7-19(8-6-18)15(23)24-20-13(21)3-4-14(20)22;1-11-9-12(17(2)16-11)10-18-5-7-19(8-6-18)15(23)24-20-13(21)3-4-14(20)22;5*1-2/h1-5H,6-12H2;2*9H,3-8,10H2,1-2H3;5*1-2H3. The number of amides is 9. The summed E-state index contributed by atoms with van der Waals surface area (Å²) >= 11 is 0. The summed E-state index contributed by atoms with van der Waals surface area (Å²) in [6, 6.07) is 12.2. The van der Waals surface area contributed by atoms with Gasteiger partial charge in [-0.1, -0.05) is 99.6 Å². The Balaban J connectivity index is 0.000000384. The number of piperazine rings is 3. The number of carbonyl (C=O) groups is 9. The highest BCUT2D eigenvalue weighted by molar-refractivity contribution is 6.02. The number of hydroxylamine groups is 6. The van der Waals surface area contributed by atoms with Crippen LogP contribution in [-0.4, -0.2) is 196 Å². The second-order valence-electron chi connectivity index (χ2n) is 17.9. The predicted octanol–water partition coefficient (Wildman–Crippen LogP) is 6.23. The highest BCUT2D eigenvalue weighted by Crippen LogP contribution is 2.19. The maximum Gasteiger partial charge on any atom is 0.434 e. The van der Waals surface area contributed by atoms with Gasteiger partial charge >= 0.3 is 18.3 Å². The molecule has 25 nitrogen and oxygen atoms in total. The minimum Gasteiger partial charge on any atom is -0.311 e. The zero-order valence-electron chi connectivity index (χ0n) is 50.6. The van der Waals surface area contributed by atoms with E-state index in [-0.39, 0.29) is 38.5 Å². The molecule has 0 saturated carbocycles. The lowest BCUT2D eigenvalue weighted by molar-refractivity contribution is -0.174. The summed E-state index contributed by atoms with van der Waals surface area (Å²) in [5, 5.41) is 10.4. The third-order valence-corrected chi connectivity index (χ3v) is 12.7. The van der Waals surface area contributed by atoms with Crippen molar-refractivity contribution in [2.45, 2.75) is 141 Å². The van der Waals surface area contributed by atoms with Crippen molar-refractivity contribution in [1.29, 1.82) is 0 Å². The van der Waals surface area contributed by atoms with Crippen molar-refractivity contribution in [2.75, 3.05) is 78.5 Å². The predicted molar refractivity (Wildman–Crippen MR) is 302 cm³/mol. The first kappa shape index (κ1) is 69.9. The maximum atomic E-state index is 12.1. The van der Waals surface area contributed by atoms with E-state index in [2.05, 4.69) is 37.0 Å². The van der Waals surface area contributed by atoms with E-state index in [0.29, 0.717) is 80.6 Å². The largest absolute Gasteiger partial charge is 0.434 e. The van der Waals surface area contributed by atoms with Crippen molar-refractivity contribution >= 4 is 53.7 Å². The number of imide groups is 3. The molecule has 452 valence electrons. The number of aryl methyl sites for hydroxylation is 4. The van der Waals surface area contributed by atoms with E-state index in [1.54, 1.807) is 4.68 Å². The van der Waals surface area contributed by atoms with Gasteiger partial charge in [0, 0.05) is 163 Å². The van der Waals surface area contributed by atoms with Gasteiger partial charge in [0.25, 0.3) is 35.4 Å². The van der Waals surface area contributed by atoms with E-state index in [1.165, 1.54) is 25.8 Å². The first-order chi connectivity index (χ1) is 39.0. The SMILES string of the molecule is CC.CC.CC.CC.CC.Cc1cc(CN2CCN(C(=O)ON3C(=O)CCC3=O)CC2)n(C)n1.Cc1nn(C)cc1CN1CCN(C(=O)ON2C(=O)CCC2=O)CC1.O=C(ON1C(=O)CCC1=O)N1CCN(Cc2ccccc2)CC1. The Morgan fingerprint density at radius 3 is 1.06 bits per heavy atom. The van der Waals surface area contributed by atoms with E-state index in [9.17, 15) is 43.2 Å². The van der Waals surface area contributed by atoms with Crippen LogP contribution in [0.2, 0.25) is 0 Å². The monoisotopic (exact) mass is 1140 g/mol. The van der Waals surface area contributed by atoms with Crippen LogP contribution in [0.25, 0.3) is 0 Å². The van der Waals surface area contributed by atoms with Crippen LogP contribution in [0.1, 0.15) is 136 Å². The van der Waals surface area contributed by atoms with Crippen LogP contribution in [0.5, 0.6) is 0 Å². The quantitative estimate of drug-likeness (QED) is 0.216. The van der Waals surface area contributed by atoms with Crippen LogP contribution >= 0.6 is 0 Å². The molecule has 0 atom stereocenters. The van der Waals surface area contributed by atoms with E-state index in [0.717, 1.165) is 49.8 Å². The number of rotatable bonds is 9. The number of benzene rings is 1. The molecule has 3 aromatic rings. The maximum absolute atomic E-state index is 12.1. The van der Waals surface area contributed by atoms with Gasteiger partial charge in [-0.2, -0.15) is 10.2 Å². The topological polar surface area (TPSA) is 246 Å². The lowest BCUT2D eigenvalue weighted by atomic mass is 10.2. The Morgan fingerprint density at radius 1 is 0.444 bits per heavy atom. The molecule has 6 aliphatic rings. The number of hydrogen-bond donors (Lipinski definition) is 0. The van der Waals surface area contributed by atoms with E-state index >= 15 is 0 Å². The van der Waals surface area contributed by atoms with E-state index < -0.39 is 53.7 Å². The van der Waals surface area contributed by atoms with Gasteiger partial charge in [-0.15, -0.1) is 15.2 Å². The lowest BCUT2D eigenvalue weighted by Crippen LogP contribution is -2.50. The van der Waals surface area contributed by atoms with E-state index in [4.69, 9.17) is 14.5 Å². The normalized spacial score (nSPS) is 17.3. The van der Waals surface area contributed by atoms with Gasteiger partial charge < -0.3 is 29.2 Å². The Hall–Kier alpha value is -7.25. The molecule has 0 aliphatic carbocycles. The molecule has 0 spiro atoms. The molecule has 6 fully saturated rings. The van der Waals surface area contributed by atoms with Crippen LogP contribution < -0.4 is 0 Å². The van der Waals surface area contributed by atoms with Gasteiger partial charge in [0.15, 0.2) is 0 Å². The highest BCUT2D eigenvalue weighted by Gasteiger charge is 2.37. The molecular formula is C56H91N13O12. The second-order valence-corrected chi connectivity index (χ2v) is 17.9. The fourth-order valence-electron chi connectivity index (χ4n) is 8.57. The van der Waals surface area contributed by atoms with Crippen LogP contribution in [0.3, 0.4) is 0 Å². The summed E-state index contributed by atoms with van der Waals surface area (Å²) in [5.74, 6) is -2.74. The average molecular weight is 1140 g/mol. The fourth-order valence-corrected chi connectivity index (χ4v) is 8.57. The Labute approximate surface area is 478 Å². The first-order valence-electron chi connectivity index (χ1n) is 28.7.